The van der Waals surface area contributed by atoms with Gasteiger partial charge in [0.2, 0.25) is 5.88 Å². The molecular formula is C16H23N3O4. The van der Waals surface area contributed by atoms with E-state index in [-0.39, 0.29) is 35.0 Å². The number of hydrogen-bond acceptors (Lipinski definition) is 6. The van der Waals surface area contributed by atoms with Gasteiger partial charge in [0, 0.05) is 24.6 Å². The maximum absolute atomic E-state index is 12.8. The molecule has 0 spiro atoms. The van der Waals surface area contributed by atoms with Crippen LogP contribution in [0.3, 0.4) is 0 Å². The number of aliphatic hydroxyl groups excluding tert-OH is 1. The molecule has 1 N–H and O–H groups in total. The Labute approximate surface area is 135 Å². The van der Waals surface area contributed by atoms with Gasteiger partial charge in [0.05, 0.1) is 20.8 Å². The van der Waals surface area contributed by atoms with Gasteiger partial charge in [-0.3, -0.25) is 4.79 Å². The number of methoxy groups -OCH3 is 2. The molecule has 2 aliphatic rings. The monoisotopic (exact) mass is 321 g/mol. The molecule has 0 bridgehead atoms. The zero-order valence-corrected chi connectivity index (χ0v) is 14.0. The molecule has 1 saturated heterocycles. The van der Waals surface area contributed by atoms with E-state index in [4.69, 9.17) is 9.47 Å². The van der Waals surface area contributed by atoms with Crippen molar-refractivity contribution in [2.75, 3.05) is 33.9 Å². The molecule has 1 aliphatic carbocycles. The smallest absolute Gasteiger partial charge is 0.320 e. The second kappa shape index (κ2) is 5.33. The molecule has 1 saturated carbocycles. The minimum absolute atomic E-state index is 0.104. The van der Waals surface area contributed by atoms with Crippen molar-refractivity contribution in [3.8, 4) is 11.9 Å². The summed E-state index contributed by atoms with van der Waals surface area (Å²) in [6.45, 7) is 5.69. The Morgan fingerprint density at radius 1 is 1.39 bits per heavy atom. The quantitative estimate of drug-likeness (QED) is 0.889. The van der Waals surface area contributed by atoms with Crippen molar-refractivity contribution in [3.63, 3.8) is 0 Å². The number of rotatable bonds is 4. The number of nitrogens with zero attached hydrogens (tertiary/aromatic N) is 3. The van der Waals surface area contributed by atoms with E-state index in [2.05, 4.69) is 23.8 Å². The Bertz CT molecular complexity index is 612. The van der Waals surface area contributed by atoms with Crippen molar-refractivity contribution in [1.82, 2.24) is 14.9 Å². The fraction of sp³-hybridized carbons (Fsp3) is 0.688. The summed E-state index contributed by atoms with van der Waals surface area (Å²) < 4.78 is 10.1. The average Bonchev–Trinajstić information content (AvgIpc) is 2.88. The normalized spacial score (nSPS) is 28.0. The summed E-state index contributed by atoms with van der Waals surface area (Å²) in [5, 5.41) is 9.81. The van der Waals surface area contributed by atoms with E-state index in [9.17, 15) is 9.90 Å². The third-order valence-corrected chi connectivity index (χ3v) is 5.29. The van der Waals surface area contributed by atoms with E-state index < -0.39 is 0 Å². The van der Waals surface area contributed by atoms with E-state index in [1.54, 1.807) is 4.90 Å². The summed E-state index contributed by atoms with van der Waals surface area (Å²) in [5.41, 5.74) is 0.236. The lowest BCUT2D eigenvalue weighted by Crippen LogP contribution is -2.54. The lowest BCUT2D eigenvalue weighted by molar-refractivity contribution is -0.0977. The summed E-state index contributed by atoms with van der Waals surface area (Å²) in [4.78, 5) is 22.7. The third kappa shape index (κ3) is 2.43. The first kappa shape index (κ1) is 16.0. The van der Waals surface area contributed by atoms with Crippen LogP contribution >= 0.6 is 0 Å². The molecule has 1 aromatic heterocycles. The molecule has 7 nitrogen and oxygen atoms in total. The van der Waals surface area contributed by atoms with Crippen LogP contribution in [0.1, 0.15) is 30.8 Å². The molecule has 2 atom stereocenters. The Hall–Kier alpha value is -1.89. The number of hydrogen-bond donors (Lipinski definition) is 1. The van der Waals surface area contributed by atoms with E-state index in [0.717, 1.165) is 6.42 Å². The highest BCUT2D eigenvalue weighted by Crippen LogP contribution is 2.62. The van der Waals surface area contributed by atoms with Crippen LogP contribution in [0.15, 0.2) is 6.07 Å². The number of aromatic nitrogens is 2. The lowest BCUT2D eigenvalue weighted by atomic mass is 9.48. The first-order valence-electron chi connectivity index (χ1n) is 7.72. The minimum Gasteiger partial charge on any atom is -0.481 e. The van der Waals surface area contributed by atoms with Crippen LogP contribution in [0, 0.1) is 16.7 Å². The number of carbonyl (C=O) groups is 1. The predicted octanol–water partition coefficient (Wildman–Crippen LogP) is 0.974. The van der Waals surface area contributed by atoms with Crippen LogP contribution in [0.25, 0.3) is 0 Å². The second-order valence-electron chi connectivity index (χ2n) is 7.21. The van der Waals surface area contributed by atoms with Crippen molar-refractivity contribution in [2.45, 2.75) is 20.3 Å². The molecule has 1 aliphatic heterocycles. The van der Waals surface area contributed by atoms with Crippen LogP contribution < -0.4 is 9.47 Å². The van der Waals surface area contributed by atoms with Gasteiger partial charge in [0.1, 0.15) is 5.69 Å². The molecule has 3 rings (SSSR count). The van der Waals surface area contributed by atoms with Crippen molar-refractivity contribution in [2.24, 2.45) is 16.7 Å². The van der Waals surface area contributed by atoms with Gasteiger partial charge in [-0.05, 0) is 17.8 Å². The molecule has 2 heterocycles. The van der Waals surface area contributed by atoms with Crippen molar-refractivity contribution >= 4 is 5.91 Å². The van der Waals surface area contributed by atoms with E-state index in [1.165, 1.54) is 20.3 Å². The molecule has 7 heteroatoms. The van der Waals surface area contributed by atoms with Crippen LogP contribution in [0.4, 0.5) is 0 Å². The van der Waals surface area contributed by atoms with Crippen molar-refractivity contribution in [1.29, 1.82) is 0 Å². The molecular weight excluding hydrogens is 298 g/mol. The lowest BCUT2D eigenvalue weighted by Gasteiger charge is -2.55. The maximum atomic E-state index is 12.8. The summed E-state index contributed by atoms with van der Waals surface area (Å²) in [7, 11) is 2.93. The first-order valence-corrected chi connectivity index (χ1v) is 7.72. The van der Waals surface area contributed by atoms with Crippen molar-refractivity contribution in [3.05, 3.63) is 11.8 Å². The number of amides is 1. The molecule has 1 amide bonds. The van der Waals surface area contributed by atoms with Crippen LogP contribution in [-0.2, 0) is 0 Å². The predicted molar refractivity (Wildman–Crippen MR) is 82.4 cm³/mol. The van der Waals surface area contributed by atoms with Gasteiger partial charge < -0.3 is 19.5 Å². The summed E-state index contributed by atoms with van der Waals surface area (Å²) in [5.74, 6) is 0.427. The summed E-state index contributed by atoms with van der Waals surface area (Å²) in [6, 6.07) is 1.62. The highest BCUT2D eigenvalue weighted by molar-refractivity contribution is 5.93. The molecule has 126 valence electrons. The van der Waals surface area contributed by atoms with E-state index >= 15 is 0 Å². The maximum Gasteiger partial charge on any atom is 0.320 e. The number of likely N-dealkylation sites (tertiary alicyclic amines) is 1. The number of ether oxygens (including phenoxy) is 2. The third-order valence-electron chi connectivity index (χ3n) is 5.29. The van der Waals surface area contributed by atoms with Crippen LogP contribution in [-0.4, -0.2) is 59.8 Å². The van der Waals surface area contributed by atoms with Gasteiger partial charge in [-0.25, -0.2) is 0 Å². The summed E-state index contributed by atoms with van der Waals surface area (Å²) >= 11 is 0. The second-order valence-corrected chi connectivity index (χ2v) is 7.21. The molecule has 23 heavy (non-hydrogen) atoms. The van der Waals surface area contributed by atoms with E-state index in [0.29, 0.717) is 24.9 Å². The highest BCUT2D eigenvalue weighted by Gasteiger charge is 2.63. The molecule has 0 radical (unpaired) electrons. The number of carbonyl (C=O) groups excluding carboxylic acids is 1. The number of aliphatic hydroxyl groups is 1. The zero-order valence-electron chi connectivity index (χ0n) is 14.0. The molecule has 2 fully saturated rings. The Balaban J connectivity index is 1.85. The van der Waals surface area contributed by atoms with Gasteiger partial charge in [-0.1, -0.05) is 13.8 Å². The Morgan fingerprint density at radius 3 is 2.65 bits per heavy atom. The SMILES string of the molecule is COc1cc(C(=O)N2C[C@@H]3C(C)(C)C[C@]3(CO)C2)nc(OC)n1. The first-order chi connectivity index (χ1) is 10.8. The minimum atomic E-state index is -0.179. The van der Waals surface area contributed by atoms with Crippen LogP contribution in [0.2, 0.25) is 0 Å². The van der Waals surface area contributed by atoms with E-state index in [1.807, 2.05) is 0 Å². The van der Waals surface area contributed by atoms with Gasteiger partial charge >= 0.3 is 6.01 Å². The molecule has 0 aromatic carbocycles. The number of fused-ring (bicyclic) bond motifs is 1. The Kier molecular flexibility index (Phi) is 3.71. The zero-order chi connectivity index (χ0) is 16.8. The summed E-state index contributed by atoms with van der Waals surface area (Å²) in [6.07, 6.45) is 0.932. The van der Waals surface area contributed by atoms with Gasteiger partial charge in [0.25, 0.3) is 5.91 Å². The highest BCUT2D eigenvalue weighted by atomic mass is 16.5. The standard InChI is InChI=1S/C16H23N3O4/c1-15(2)7-16(9-20)8-19(6-11(15)16)13(21)10-5-12(22-3)18-14(17-10)23-4/h5,11,20H,6-9H2,1-4H3/t11-,16-/m1/s1. The largest absolute Gasteiger partial charge is 0.481 e. The fourth-order valence-electron chi connectivity index (χ4n) is 4.37. The van der Waals surface area contributed by atoms with Gasteiger partial charge in [-0.15, -0.1) is 0 Å². The topological polar surface area (TPSA) is 84.8 Å². The fourth-order valence-corrected chi connectivity index (χ4v) is 4.37. The van der Waals surface area contributed by atoms with Crippen LogP contribution in [0.5, 0.6) is 11.9 Å². The Morgan fingerprint density at radius 2 is 2.13 bits per heavy atom. The average molecular weight is 321 g/mol. The molecule has 0 unspecified atom stereocenters. The molecule has 1 aromatic rings. The van der Waals surface area contributed by atoms with Gasteiger partial charge in [-0.2, -0.15) is 9.97 Å². The van der Waals surface area contributed by atoms with Crippen molar-refractivity contribution < 1.29 is 19.4 Å². The van der Waals surface area contributed by atoms with Gasteiger partial charge in [0.15, 0.2) is 0 Å².